The smallest absolute Gasteiger partial charge is 0.228 e. The van der Waals surface area contributed by atoms with E-state index in [1.165, 1.54) is 0 Å². The van der Waals surface area contributed by atoms with Crippen LogP contribution in [0.25, 0.3) is 5.65 Å². The van der Waals surface area contributed by atoms with Crippen LogP contribution >= 0.6 is 0 Å². The highest BCUT2D eigenvalue weighted by Gasteiger charge is 2.32. The van der Waals surface area contributed by atoms with Gasteiger partial charge in [0.1, 0.15) is 5.82 Å². The molecular weight excluding hydrogens is 306 g/mol. The zero-order valence-electron chi connectivity index (χ0n) is 13.9. The van der Waals surface area contributed by atoms with Crippen LogP contribution in [0.1, 0.15) is 25.0 Å². The molecule has 2 aromatic heterocycles. The van der Waals surface area contributed by atoms with Crippen molar-refractivity contribution in [2.24, 2.45) is 5.92 Å². The quantitative estimate of drug-likeness (QED) is 0.923. The number of amides is 1. The number of nitrogens with one attached hydrogen (secondary N) is 1. The Hall–Kier alpha value is -2.15. The van der Waals surface area contributed by atoms with Crippen LogP contribution in [0.5, 0.6) is 0 Å². The van der Waals surface area contributed by atoms with Crippen molar-refractivity contribution in [3.8, 4) is 0 Å². The highest BCUT2D eigenvalue weighted by Crippen LogP contribution is 2.21. The second-order valence-electron chi connectivity index (χ2n) is 6.73. The van der Waals surface area contributed by atoms with E-state index in [0.29, 0.717) is 6.61 Å². The minimum absolute atomic E-state index is 0.0425. The Bertz CT molecular complexity index is 738. The summed E-state index contributed by atoms with van der Waals surface area (Å²) in [6.07, 6.45) is 4.79. The lowest BCUT2D eigenvalue weighted by Gasteiger charge is -2.26. The van der Waals surface area contributed by atoms with Gasteiger partial charge in [0.15, 0.2) is 5.65 Å². The van der Waals surface area contributed by atoms with E-state index >= 15 is 0 Å². The van der Waals surface area contributed by atoms with Crippen molar-refractivity contribution in [3.63, 3.8) is 0 Å². The minimum atomic E-state index is 0.0425. The van der Waals surface area contributed by atoms with Gasteiger partial charge in [-0.05, 0) is 38.3 Å². The number of nitrogens with zero attached hydrogens (tertiary/aromatic N) is 4. The molecule has 128 valence electrons. The van der Waals surface area contributed by atoms with E-state index in [-0.39, 0.29) is 17.9 Å². The maximum absolute atomic E-state index is 12.6. The number of aromatic nitrogens is 3. The standard InChI is InChI=1S/C17H23N5O2/c1-12-9-22-16(18-12)5-4-15(20-22)19-14-6-7-21(10-14)17(23)13-3-2-8-24-11-13/h4-5,9,13-14H,2-3,6-8,10-11H2,1H3,(H,19,20)/t13-,14+/m1/s1. The van der Waals surface area contributed by atoms with Crippen molar-refractivity contribution in [1.29, 1.82) is 0 Å². The van der Waals surface area contributed by atoms with E-state index < -0.39 is 0 Å². The molecule has 0 aromatic carbocycles. The van der Waals surface area contributed by atoms with Crippen LogP contribution in [0.15, 0.2) is 18.3 Å². The Morgan fingerprint density at radius 1 is 1.38 bits per heavy atom. The van der Waals surface area contributed by atoms with Crippen molar-refractivity contribution >= 4 is 17.4 Å². The van der Waals surface area contributed by atoms with Gasteiger partial charge in [0, 0.05) is 25.7 Å². The Kier molecular flexibility index (Phi) is 4.10. The van der Waals surface area contributed by atoms with Crippen LogP contribution in [-0.2, 0) is 9.53 Å². The molecule has 2 aromatic rings. The van der Waals surface area contributed by atoms with Gasteiger partial charge in [-0.15, -0.1) is 5.10 Å². The summed E-state index contributed by atoms with van der Waals surface area (Å²) in [4.78, 5) is 18.9. The summed E-state index contributed by atoms with van der Waals surface area (Å²) < 4.78 is 7.23. The fourth-order valence-corrected chi connectivity index (χ4v) is 3.56. The number of carbonyl (C=O) groups excluding carboxylic acids is 1. The highest BCUT2D eigenvalue weighted by molar-refractivity contribution is 5.79. The lowest BCUT2D eigenvalue weighted by atomic mass is 10.0. The summed E-state index contributed by atoms with van der Waals surface area (Å²) in [5, 5.41) is 7.98. The SMILES string of the molecule is Cc1cn2nc(N[C@H]3CCN(C(=O)[C@@H]4CCCOC4)C3)ccc2n1. The molecule has 7 heteroatoms. The molecule has 0 radical (unpaired) electrons. The molecule has 4 rings (SSSR count). The Morgan fingerprint density at radius 3 is 3.12 bits per heavy atom. The third kappa shape index (κ3) is 3.08. The maximum atomic E-state index is 12.6. The first-order chi connectivity index (χ1) is 11.7. The lowest BCUT2D eigenvalue weighted by molar-refractivity contribution is -0.138. The molecule has 24 heavy (non-hydrogen) atoms. The first-order valence-electron chi connectivity index (χ1n) is 8.65. The number of likely N-dealkylation sites (tertiary alicyclic amines) is 1. The number of aryl methyl sites for hydroxylation is 1. The monoisotopic (exact) mass is 329 g/mol. The van der Waals surface area contributed by atoms with Gasteiger partial charge in [0.2, 0.25) is 5.91 Å². The molecule has 0 spiro atoms. The van der Waals surface area contributed by atoms with Crippen molar-refractivity contribution < 1.29 is 9.53 Å². The van der Waals surface area contributed by atoms with Gasteiger partial charge in [-0.3, -0.25) is 4.79 Å². The molecule has 2 aliphatic rings. The Balaban J connectivity index is 1.38. The van der Waals surface area contributed by atoms with Gasteiger partial charge in [-0.2, -0.15) is 0 Å². The average molecular weight is 329 g/mol. The molecule has 4 heterocycles. The summed E-state index contributed by atoms with van der Waals surface area (Å²) in [5.74, 6) is 1.11. The summed E-state index contributed by atoms with van der Waals surface area (Å²) in [6.45, 7) is 4.86. The highest BCUT2D eigenvalue weighted by atomic mass is 16.5. The normalized spacial score (nSPS) is 24.5. The van der Waals surface area contributed by atoms with E-state index in [4.69, 9.17) is 4.74 Å². The largest absolute Gasteiger partial charge is 0.381 e. The zero-order chi connectivity index (χ0) is 16.5. The first kappa shape index (κ1) is 15.4. The Labute approximate surface area is 141 Å². The van der Waals surface area contributed by atoms with Crippen LogP contribution in [0.2, 0.25) is 0 Å². The number of carbonyl (C=O) groups is 1. The predicted molar refractivity (Wildman–Crippen MR) is 89.9 cm³/mol. The number of anilines is 1. The number of fused-ring (bicyclic) bond motifs is 1. The van der Waals surface area contributed by atoms with Gasteiger partial charge in [-0.1, -0.05) is 0 Å². The summed E-state index contributed by atoms with van der Waals surface area (Å²) in [5.41, 5.74) is 1.80. The van der Waals surface area contributed by atoms with Gasteiger partial charge >= 0.3 is 0 Å². The maximum Gasteiger partial charge on any atom is 0.228 e. The third-order valence-corrected chi connectivity index (χ3v) is 4.80. The fraction of sp³-hybridized carbons (Fsp3) is 0.588. The number of rotatable bonds is 3. The molecule has 0 unspecified atom stereocenters. The number of hydrogen-bond donors (Lipinski definition) is 1. The van der Waals surface area contributed by atoms with Crippen molar-refractivity contribution in [1.82, 2.24) is 19.5 Å². The minimum Gasteiger partial charge on any atom is -0.381 e. The van der Waals surface area contributed by atoms with Crippen LogP contribution in [-0.4, -0.2) is 57.8 Å². The second kappa shape index (κ2) is 6.39. The molecule has 7 nitrogen and oxygen atoms in total. The lowest BCUT2D eigenvalue weighted by Crippen LogP contribution is -2.39. The molecule has 2 aliphatic heterocycles. The number of imidazole rings is 1. The van der Waals surface area contributed by atoms with Crippen LogP contribution in [0.4, 0.5) is 5.82 Å². The molecule has 2 fully saturated rings. The van der Waals surface area contributed by atoms with Gasteiger partial charge in [0.05, 0.1) is 24.4 Å². The Morgan fingerprint density at radius 2 is 2.29 bits per heavy atom. The van der Waals surface area contributed by atoms with Crippen molar-refractivity contribution in [2.45, 2.75) is 32.2 Å². The molecule has 2 saturated heterocycles. The molecule has 0 bridgehead atoms. The van der Waals surface area contributed by atoms with Gasteiger partial charge < -0.3 is 15.0 Å². The fourth-order valence-electron chi connectivity index (χ4n) is 3.56. The number of ether oxygens (including phenoxy) is 1. The van der Waals surface area contributed by atoms with E-state index in [0.717, 1.165) is 56.1 Å². The topological polar surface area (TPSA) is 71.8 Å². The average Bonchev–Trinajstić information content (AvgIpc) is 3.20. The van der Waals surface area contributed by atoms with Crippen molar-refractivity contribution in [3.05, 3.63) is 24.0 Å². The first-order valence-corrected chi connectivity index (χ1v) is 8.65. The summed E-state index contributed by atoms with van der Waals surface area (Å²) in [6, 6.07) is 4.15. The second-order valence-corrected chi connectivity index (χ2v) is 6.73. The molecule has 0 aliphatic carbocycles. The van der Waals surface area contributed by atoms with E-state index in [9.17, 15) is 4.79 Å². The third-order valence-electron chi connectivity index (χ3n) is 4.80. The molecule has 0 saturated carbocycles. The van der Waals surface area contributed by atoms with E-state index in [2.05, 4.69) is 15.4 Å². The summed E-state index contributed by atoms with van der Waals surface area (Å²) >= 11 is 0. The summed E-state index contributed by atoms with van der Waals surface area (Å²) in [7, 11) is 0. The van der Waals surface area contributed by atoms with Crippen LogP contribution in [0.3, 0.4) is 0 Å². The van der Waals surface area contributed by atoms with E-state index in [1.54, 1.807) is 4.52 Å². The van der Waals surface area contributed by atoms with Crippen LogP contribution in [0, 0.1) is 12.8 Å². The molecule has 1 N–H and O–H groups in total. The molecular formula is C17H23N5O2. The van der Waals surface area contributed by atoms with Gasteiger partial charge in [0.25, 0.3) is 0 Å². The molecule has 1 amide bonds. The van der Waals surface area contributed by atoms with E-state index in [1.807, 2.05) is 30.2 Å². The number of hydrogen-bond acceptors (Lipinski definition) is 5. The zero-order valence-corrected chi connectivity index (χ0v) is 13.9. The van der Waals surface area contributed by atoms with Crippen molar-refractivity contribution in [2.75, 3.05) is 31.6 Å². The van der Waals surface area contributed by atoms with Crippen LogP contribution < -0.4 is 5.32 Å². The van der Waals surface area contributed by atoms with Gasteiger partial charge in [-0.25, -0.2) is 9.50 Å². The molecule has 2 atom stereocenters. The predicted octanol–water partition coefficient (Wildman–Crippen LogP) is 1.48.